The van der Waals surface area contributed by atoms with Crippen LogP contribution in [0.15, 0.2) is 107 Å². The normalized spacial score (nSPS) is 12.0. The van der Waals surface area contributed by atoms with Gasteiger partial charge in [0, 0.05) is 16.8 Å². The van der Waals surface area contributed by atoms with Gasteiger partial charge >= 0.3 is 0 Å². The molecule has 0 fully saturated rings. The largest absolute Gasteiger partial charge is 0.332 e. The summed E-state index contributed by atoms with van der Waals surface area (Å²) in [6, 6.07) is 28.5. The third kappa shape index (κ3) is 6.94. The van der Waals surface area contributed by atoms with E-state index in [4.69, 9.17) is 16.6 Å². The number of imidazole rings is 1. The minimum absolute atomic E-state index is 0.00568. The number of hydrogen-bond donors (Lipinski definition) is 3. The zero-order valence-electron chi connectivity index (χ0n) is 21.8. The zero-order valence-corrected chi connectivity index (χ0v) is 24.2. The molecule has 0 bridgehead atoms. The van der Waals surface area contributed by atoms with Crippen molar-refractivity contribution in [1.82, 2.24) is 20.2 Å². The smallest absolute Gasteiger partial charge is 0.263 e. The molecule has 3 aromatic carbocycles. The summed E-state index contributed by atoms with van der Waals surface area (Å²) in [4.78, 5) is 21.5. The van der Waals surface area contributed by atoms with Crippen LogP contribution in [-0.4, -0.2) is 39.7 Å². The van der Waals surface area contributed by atoms with Crippen molar-refractivity contribution < 1.29 is 13.2 Å². The minimum atomic E-state index is -3.91. The molecule has 2 heterocycles. The van der Waals surface area contributed by atoms with Crippen molar-refractivity contribution in [3.63, 3.8) is 0 Å². The molecule has 0 radical (unpaired) electrons. The van der Waals surface area contributed by atoms with Crippen LogP contribution in [0, 0.1) is 0 Å². The van der Waals surface area contributed by atoms with Gasteiger partial charge in [-0.05, 0) is 42.8 Å². The standard InChI is InChI=1S/C29H25ClN6O3S2/c1-2-23(40-29-32-26(19-9-5-3-6-10-19)27(33-29)20-11-7-4-8-12-20)28(37)31-21-13-15-22(16-14-21)41(38,39)36-25-18-17-24(30)34-35-25/h3-18,23H,2H2,1H3,(H,31,37)(H,32,33)(H,35,36). The van der Waals surface area contributed by atoms with Gasteiger partial charge in [0.25, 0.3) is 10.0 Å². The van der Waals surface area contributed by atoms with Crippen LogP contribution in [0.1, 0.15) is 13.3 Å². The lowest BCUT2D eigenvalue weighted by atomic mass is 10.1. The number of carbonyl (C=O) groups is 1. The summed E-state index contributed by atoms with van der Waals surface area (Å²) in [5.41, 5.74) is 4.12. The van der Waals surface area contributed by atoms with Crippen LogP contribution >= 0.6 is 23.4 Å². The Kier molecular flexibility index (Phi) is 8.67. The van der Waals surface area contributed by atoms with E-state index in [2.05, 4.69) is 25.2 Å². The summed E-state index contributed by atoms with van der Waals surface area (Å²) >= 11 is 7.05. The molecule has 1 amide bonds. The van der Waals surface area contributed by atoms with Crippen LogP contribution in [0.2, 0.25) is 5.15 Å². The number of nitrogens with zero attached hydrogens (tertiary/aromatic N) is 3. The van der Waals surface area contributed by atoms with Crippen molar-refractivity contribution >= 4 is 50.8 Å². The molecule has 0 spiro atoms. The van der Waals surface area contributed by atoms with E-state index in [-0.39, 0.29) is 21.8 Å². The molecule has 5 aromatic rings. The van der Waals surface area contributed by atoms with E-state index in [1.807, 2.05) is 67.6 Å². The Morgan fingerprint density at radius 2 is 1.56 bits per heavy atom. The van der Waals surface area contributed by atoms with Gasteiger partial charge < -0.3 is 10.3 Å². The Morgan fingerprint density at radius 1 is 0.902 bits per heavy atom. The molecular formula is C29H25ClN6O3S2. The molecule has 0 saturated heterocycles. The maximum atomic E-state index is 13.2. The molecule has 12 heteroatoms. The average molecular weight is 605 g/mol. The summed E-state index contributed by atoms with van der Waals surface area (Å²) in [5.74, 6) is -0.181. The maximum Gasteiger partial charge on any atom is 0.263 e. The second-order valence-electron chi connectivity index (χ2n) is 8.87. The van der Waals surface area contributed by atoms with Gasteiger partial charge in [-0.25, -0.2) is 13.4 Å². The van der Waals surface area contributed by atoms with E-state index in [0.717, 1.165) is 22.5 Å². The van der Waals surface area contributed by atoms with Crippen molar-refractivity contribution in [3.8, 4) is 22.5 Å². The number of amides is 1. The van der Waals surface area contributed by atoms with E-state index in [0.29, 0.717) is 17.3 Å². The van der Waals surface area contributed by atoms with Gasteiger partial charge in [-0.1, -0.05) is 91.0 Å². The summed E-state index contributed by atoms with van der Waals surface area (Å²) < 4.78 is 27.7. The number of H-pyrrole nitrogens is 1. The average Bonchev–Trinajstić information content (AvgIpc) is 3.42. The molecule has 0 aliphatic rings. The molecule has 1 unspecified atom stereocenters. The first-order chi connectivity index (χ1) is 19.8. The zero-order chi connectivity index (χ0) is 28.8. The van der Waals surface area contributed by atoms with Crippen LogP contribution in [0.5, 0.6) is 0 Å². The summed E-state index contributed by atoms with van der Waals surface area (Å²) in [5, 5.41) is 10.6. The van der Waals surface area contributed by atoms with E-state index < -0.39 is 15.3 Å². The number of anilines is 2. The summed E-state index contributed by atoms with van der Waals surface area (Å²) in [7, 11) is -3.91. The number of benzene rings is 3. The fourth-order valence-electron chi connectivity index (χ4n) is 3.99. The van der Waals surface area contributed by atoms with Crippen LogP contribution < -0.4 is 10.0 Å². The molecule has 41 heavy (non-hydrogen) atoms. The molecular weight excluding hydrogens is 580 g/mol. The predicted molar refractivity (Wildman–Crippen MR) is 162 cm³/mol. The van der Waals surface area contributed by atoms with E-state index in [1.165, 1.54) is 48.2 Å². The highest BCUT2D eigenvalue weighted by Crippen LogP contribution is 2.34. The third-order valence-corrected chi connectivity index (χ3v) is 8.83. The number of thioether (sulfide) groups is 1. The highest BCUT2D eigenvalue weighted by molar-refractivity contribution is 8.00. The lowest BCUT2D eigenvalue weighted by Crippen LogP contribution is -2.24. The predicted octanol–water partition coefficient (Wildman–Crippen LogP) is 6.50. The Balaban J connectivity index is 1.30. The highest BCUT2D eigenvalue weighted by atomic mass is 35.5. The number of sulfonamides is 1. The topological polar surface area (TPSA) is 130 Å². The number of hydrogen-bond acceptors (Lipinski definition) is 7. The van der Waals surface area contributed by atoms with Crippen LogP contribution in [-0.2, 0) is 14.8 Å². The van der Waals surface area contributed by atoms with Gasteiger partial charge in [0.1, 0.15) is 0 Å². The lowest BCUT2D eigenvalue weighted by Gasteiger charge is -2.14. The maximum absolute atomic E-state index is 13.2. The second kappa shape index (κ2) is 12.5. The van der Waals surface area contributed by atoms with E-state index in [1.54, 1.807) is 0 Å². The van der Waals surface area contributed by atoms with Crippen molar-refractivity contribution in [1.29, 1.82) is 0 Å². The number of nitrogens with one attached hydrogen (secondary N) is 3. The molecule has 5 rings (SSSR count). The van der Waals surface area contributed by atoms with Crippen molar-refractivity contribution in [2.24, 2.45) is 0 Å². The van der Waals surface area contributed by atoms with Gasteiger partial charge in [-0.3, -0.25) is 9.52 Å². The van der Waals surface area contributed by atoms with Gasteiger partial charge in [0.2, 0.25) is 5.91 Å². The van der Waals surface area contributed by atoms with Gasteiger partial charge in [-0.2, -0.15) is 0 Å². The molecule has 0 aliphatic carbocycles. The third-order valence-electron chi connectivity index (χ3n) is 6.01. The van der Waals surface area contributed by atoms with E-state index >= 15 is 0 Å². The Morgan fingerprint density at radius 3 is 2.17 bits per heavy atom. The molecule has 1 atom stereocenters. The number of aromatic amines is 1. The van der Waals surface area contributed by atoms with Crippen LogP contribution in [0.4, 0.5) is 11.5 Å². The minimum Gasteiger partial charge on any atom is -0.332 e. The van der Waals surface area contributed by atoms with Gasteiger partial charge in [-0.15, -0.1) is 10.2 Å². The van der Waals surface area contributed by atoms with Gasteiger partial charge in [0.15, 0.2) is 16.1 Å². The number of halogens is 1. The molecule has 2 aromatic heterocycles. The molecule has 9 nitrogen and oxygen atoms in total. The van der Waals surface area contributed by atoms with Crippen molar-refractivity contribution in [2.75, 3.05) is 10.0 Å². The fraction of sp³-hybridized carbons (Fsp3) is 0.103. The summed E-state index contributed by atoms with van der Waals surface area (Å²) in [6.45, 7) is 1.93. The lowest BCUT2D eigenvalue weighted by molar-refractivity contribution is -0.115. The van der Waals surface area contributed by atoms with Crippen molar-refractivity contribution in [2.45, 2.75) is 28.6 Å². The first-order valence-electron chi connectivity index (χ1n) is 12.6. The molecule has 0 saturated carbocycles. The molecule has 208 valence electrons. The quantitative estimate of drug-likeness (QED) is 0.155. The molecule has 0 aliphatic heterocycles. The first kappa shape index (κ1) is 28.3. The number of aromatic nitrogens is 4. The fourth-order valence-corrected chi connectivity index (χ4v) is 5.99. The van der Waals surface area contributed by atoms with Crippen molar-refractivity contribution in [3.05, 3.63) is 102 Å². The Bertz CT molecular complexity index is 1670. The Hall–Kier alpha value is -4.19. The van der Waals surface area contributed by atoms with Crippen LogP contribution in [0.25, 0.3) is 22.5 Å². The number of carbonyl (C=O) groups excluding carboxylic acids is 1. The summed E-state index contributed by atoms with van der Waals surface area (Å²) in [6.07, 6.45) is 0.553. The van der Waals surface area contributed by atoms with E-state index in [9.17, 15) is 13.2 Å². The SMILES string of the molecule is CCC(Sc1nc(-c2ccccc2)c(-c2ccccc2)[nH]1)C(=O)Nc1ccc(S(=O)(=O)Nc2ccc(Cl)nn2)cc1. The Labute approximate surface area is 246 Å². The van der Waals surface area contributed by atoms with Crippen LogP contribution in [0.3, 0.4) is 0 Å². The first-order valence-corrected chi connectivity index (χ1v) is 15.4. The highest BCUT2D eigenvalue weighted by Gasteiger charge is 2.23. The molecule has 3 N–H and O–H groups in total. The number of rotatable bonds is 10. The second-order valence-corrected chi connectivity index (χ2v) is 12.1. The monoisotopic (exact) mass is 604 g/mol. The van der Waals surface area contributed by atoms with Gasteiger partial charge in [0.05, 0.1) is 21.5 Å².